The molecule has 94 valence electrons. The van der Waals surface area contributed by atoms with Gasteiger partial charge in [-0.2, -0.15) is 0 Å². The molecule has 2 aromatic carbocycles. The van der Waals surface area contributed by atoms with Crippen LogP contribution in [-0.2, 0) is 11.9 Å². The molecular weight excluding hydrogens is 363 g/mol. The van der Waals surface area contributed by atoms with Crippen molar-refractivity contribution < 1.29 is 9.13 Å². The van der Waals surface area contributed by atoms with Gasteiger partial charge < -0.3 is 4.74 Å². The van der Waals surface area contributed by atoms with E-state index in [4.69, 9.17) is 4.74 Å². The first-order valence-corrected chi connectivity index (χ1v) is 7.33. The fourth-order valence-corrected chi connectivity index (χ4v) is 2.39. The summed E-state index contributed by atoms with van der Waals surface area (Å²) in [4.78, 5) is 0. The molecule has 0 atom stereocenters. The third-order valence-corrected chi connectivity index (χ3v) is 3.73. The smallest absolute Gasteiger partial charge is 0.170 e. The summed E-state index contributed by atoms with van der Waals surface area (Å²) in [5, 5.41) is 0.466. The van der Waals surface area contributed by atoms with Crippen LogP contribution in [0.2, 0.25) is 0 Å². The highest BCUT2D eigenvalue weighted by atomic mass is 79.9. The van der Waals surface area contributed by atoms with Crippen LogP contribution >= 0.6 is 31.9 Å². The summed E-state index contributed by atoms with van der Waals surface area (Å²) in [6.45, 7) is 0.349. The molecule has 0 unspecified atom stereocenters. The van der Waals surface area contributed by atoms with Gasteiger partial charge >= 0.3 is 0 Å². The third kappa shape index (κ3) is 3.12. The van der Waals surface area contributed by atoms with Gasteiger partial charge in [0.1, 0.15) is 6.61 Å². The van der Waals surface area contributed by atoms with Crippen LogP contribution in [0.25, 0.3) is 0 Å². The van der Waals surface area contributed by atoms with Crippen molar-refractivity contribution in [2.75, 3.05) is 0 Å². The van der Waals surface area contributed by atoms with E-state index >= 15 is 0 Å². The van der Waals surface area contributed by atoms with E-state index in [0.717, 1.165) is 5.56 Å². The Labute approximate surface area is 122 Å². The van der Waals surface area contributed by atoms with E-state index in [1.54, 1.807) is 12.1 Å². The van der Waals surface area contributed by atoms with Crippen molar-refractivity contribution in [3.63, 3.8) is 0 Å². The van der Waals surface area contributed by atoms with Crippen LogP contribution in [0.5, 0.6) is 5.75 Å². The molecule has 0 fully saturated rings. The van der Waals surface area contributed by atoms with Crippen molar-refractivity contribution in [1.82, 2.24) is 0 Å². The van der Waals surface area contributed by atoms with Crippen LogP contribution < -0.4 is 4.74 Å². The van der Waals surface area contributed by atoms with Crippen molar-refractivity contribution in [3.8, 4) is 5.75 Å². The molecule has 0 N–H and O–H groups in total. The molecule has 0 bridgehead atoms. The maximum atomic E-state index is 14.1. The second-order valence-electron chi connectivity index (χ2n) is 3.76. The molecule has 0 spiro atoms. The number of hydrogen-bond donors (Lipinski definition) is 0. The molecule has 0 aromatic heterocycles. The van der Waals surface area contributed by atoms with E-state index in [-0.39, 0.29) is 11.6 Å². The fraction of sp³-hybridized carbons (Fsp3) is 0.143. The molecule has 2 aromatic rings. The van der Waals surface area contributed by atoms with E-state index in [0.29, 0.717) is 22.0 Å². The summed E-state index contributed by atoms with van der Waals surface area (Å²) < 4.78 is 20.2. The van der Waals surface area contributed by atoms with Gasteiger partial charge in [-0.25, -0.2) is 4.39 Å². The minimum atomic E-state index is -0.322. The molecule has 0 aliphatic rings. The average Bonchev–Trinajstić information content (AvgIpc) is 2.40. The number of ether oxygens (including phenoxy) is 1. The number of benzene rings is 2. The van der Waals surface area contributed by atoms with E-state index in [9.17, 15) is 4.39 Å². The lowest BCUT2D eigenvalue weighted by atomic mass is 10.2. The largest absolute Gasteiger partial charge is 0.485 e. The zero-order valence-corrected chi connectivity index (χ0v) is 12.7. The minimum absolute atomic E-state index is 0.260. The highest BCUT2D eigenvalue weighted by molar-refractivity contribution is 9.10. The zero-order chi connectivity index (χ0) is 13.0. The van der Waals surface area contributed by atoms with Crippen LogP contribution in [0.1, 0.15) is 11.1 Å². The Morgan fingerprint density at radius 3 is 2.44 bits per heavy atom. The predicted octanol–water partition coefficient (Wildman–Crippen LogP) is 5.06. The van der Waals surface area contributed by atoms with Gasteiger partial charge in [0, 0.05) is 10.9 Å². The Balaban J connectivity index is 2.19. The van der Waals surface area contributed by atoms with E-state index in [1.165, 1.54) is 0 Å². The summed E-state index contributed by atoms with van der Waals surface area (Å²) in [5.74, 6) is -0.0621. The molecule has 0 saturated heterocycles. The lowest BCUT2D eigenvalue weighted by molar-refractivity contribution is 0.287. The Kier molecular flexibility index (Phi) is 4.78. The van der Waals surface area contributed by atoms with Crippen LogP contribution in [0.3, 0.4) is 0 Å². The molecule has 4 heteroatoms. The van der Waals surface area contributed by atoms with Crippen molar-refractivity contribution in [2.45, 2.75) is 11.9 Å². The SMILES string of the molecule is Fc1c(CBr)ccc(Br)c1OCc1ccccc1. The highest BCUT2D eigenvalue weighted by Crippen LogP contribution is 2.31. The quantitative estimate of drug-likeness (QED) is 0.680. The Morgan fingerprint density at radius 2 is 1.78 bits per heavy atom. The maximum Gasteiger partial charge on any atom is 0.170 e. The van der Waals surface area contributed by atoms with Gasteiger partial charge in [-0.1, -0.05) is 52.3 Å². The number of hydrogen-bond acceptors (Lipinski definition) is 1. The Hall–Kier alpha value is -0.870. The number of alkyl halides is 1. The Morgan fingerprint density at radius 1 is 1.06 bits per heavy atom. The summed E-state index contributed by atoms with van der Waals surface area (Å²) in [7, 11) is 0. The molecule has 2 rings (SSSR count). The van der Waals surface area contributed by atoms with Crippen molar-refractivity contribution >= 4 is 31.9 Å². The lowest BCUT2D eigenvalue weighted by Gasteiger charge is -2.11. The van der Waals surface area contributed by atoms with Crippen LogP contribution in [-0.4, -0.2) is 0 Å². The molecule has 18 heavy (non-hydrogen) atoms. The monoisotopic (exact) mass is 372 g/mol. The molecular formula is C14H11Br2FO. The predicted molar refractivity (Wildman–Crippen MR) is 77.5 cm³/mol. The normalized spacial score (nSPS) is 10.4. The average molecular weight is 374 g/mol. The Bertz CT molecular complexity index is 529. The molecule has 0 radical (unpaired) electrons. The summed E-state index contributed by atoms with van der Waals surface area (Å²) in [6, 6.07) is 13.2. The van der Waals surface area contributed by atoms with Crippen LogP contribution in [0.4, 0.5) is 4.39 Å². The molecule has 0 heterocycles. The standard InChI is InChI=1S/C14H11Br2FO/c15-8-11-6-7-12(16)14(13(11)17)18-9-10-4-2-1-3-5-10/h1-7H,8-9H2. The van der Waals surface area contributed by atoms with Gasteiger partial charge in [0.2, 0.25) is 0 Å². The van der Waals surface area contributed by atoms with Crippen LogP contribution in [0.15, 0.2) is 46.9 Å². The van der Waals surface area contributed by atoms with Gasteiger partial charge in [-0.05, 0) is 27.6 Å². The second kappa shape index (κ2) is 6.34. The first kappa shape index (κ1) is 13.6. The highest BCUT2D eigenvalue weighted by Gasteiger charge is 2.12. The molecule has 0 aliphatic carbocycles. The van der Waals surface area contributed by atoms with E-state index < -0.39 is 0 Å². The fourth-order valence-electron chi connectivity index (χ4n) is 1.54. The van der Waals surface area contributed by atoms with Gasteiger partial charge in [0.15, 0.2) is 11.6 Å². The summed E-state index contributed by atoms with van der Waals surface area (Å²) in [6.07, 6.45) is 0. The summed E-state index contributed by atoms with van der Waals surface area (Å²) >= 11 is 6.56. The van der Waals surface area contributed by atoms with Gasteiger partial charge in [0.25, 0.3) is 0 Å². The molecule has 0 aliphatic heterocycles. The molecule has 1 nitrogen and oxygen atoms in total. The van der Waals surface area contributed by atoms with Gasteiger partial charge in [0.05, 0.1) is 4.47 Å². The number of rotatable bonds is 4. The first-order chi connectivity index (χ1) is 8.72. The van der Waals surface area contributed by atoms with E-state index in [1.807, 2.05) is 30.3 Å². The van der Waals surface area contributed by atoms with Crippen molar-refractivity contribution in [1.29, 1.82) is 0 Å². The van der Waals surface area contributed by atoms with E-state index in [2.05, 4.69) is 31.9 Å². The van der Waals surface area contributed by atoms with Crippen molar-refractivity contribution in [2.24, 2.45) is 0 Å². The molecule has 0 amide bonds. The van der Waals surface area contributed by atoms with Crippen LogP contribution in [0, 0.1) is 5.82 Å². The lowest BCUT2D eigenvalue weighted by Crippen LogP contribution is -2.00. The number of halogens is 3. The second-order valence-corrected chi connectivity index (χ2v) is 5.17. The third-order valence-electron chi connectivity index (χ3n) is 2.50. The zero-order valence-electron chi connectivity index (χ0n) is 9.50. The minimum Gasteiger partial charge on any atom is -0.485 e. The van der Waals surface area contributed by atoms with Gasteiger partial charge in [-0.3, -0.25) is 0 Å². The van der Waals surface area contributed by atoms with Crippen molar-refractivity contribution in [3.05, 3.63) is 63.9 Å². The maximum absolute atomic E-state index is 14.1. The summed E-state index contributed by atoms with van der Waals surface area (Å²) in [5.41, 5.74) is 1.59. The van der Waals surface area contributed by atoms with Gasteiger partial charge in [-0.15, -0.1) is 0 Å². The first-order valence-electron chi connectivity index (χ1n) is 5.42. The topological polar surface area (TPSA) is 9.23 Å². The molecule has 0 saturated carbocycles.